The van der Waals surface area contributed by atoms with Crippen LogP contribution in [0.1, 0.15) is 18.9 Å². The molecule has 1 fully saturated rings. The van der Waals surface area contributed by atoms with Crippen molar-refractivity contribution in [1.82, 2.24) is 9.21 Å². The predicted octanol–water partition coefficient (Wildman–Crippen LogP) is 1.12. The minimum absolute atomic E-state index is 0.0760. The van der Waals surface area contributed by atoms with Gasteiger partial charge in [-0.2, -0.15) is 4.31 Å². The molecular formula is C16H24N2O4S. The van der Waals surface area contributed by atoms with Gasteiger partial charge < -0.3 is 9.64 Å². The van der Waals surface area contributed by atoms with Gasteiger partial charge >= 0.3 is 0 Å². The Labute approximate surface area is 138 Å². The number of rotatable bonds is 6. The lowest BCUT2D eigenvalue weighted by Gasteiger charge is -2.33. The van der Waals surface area contributed by atoms with Gasteiger partial charge in [0.1, 0.15) is 5.75 Å². The molecule has 1 aromatic rings. The van der Waals surface area contributed by atoms with E-state index in [1.165, 1.54) is 10.6 Å². The molecule has 0 aromatic heterocycles. The Morgan fingerprint density at radius 3 is 2.26 bits per heavy atom. The zero-order valence-electron chi connectivity index (χ0n) is 13.7. The first-order valence-corrected chi connectivity index (χ1v) is 9.69. The summed E-state index contributed by atoms with van der Waals surface area (Å²) < 4.78 is 29.7. The highest BCUT2D eigenvalue weighted by Gasteiger charge is 2.25. The van der Waals surface area contributed by atoms with Crippen LogP contribution in [0.2, 0.25) is 0 Å². The number of nitrogens with zero attached hydrogens (tertiary/aromatic N) is 2. The van der Waals surface area contributed by atoms with E-state index in [0.29, 0.717) is 45.6 Å². The molecule has 6 nitrogen and oxygen atoms in total. The average molecular weight is 340 g/mol. The van der Waals surface area contributed by atoms with Crippen LogP contribution in [-0.2, 0) is 21.2 Å². The van der Waals surface area contributed by atoms with Crippen LogP contribution in [0.4, 0.5) is 0 Å². The molecule has 1 amide bonds. The zero-order valence-corrected chi connectivity index (χ0v) is 14.5. The molecule has 2 rings (SSSR count). The van der Waals surface area contributed by atoms with Gasteiger partial charge in [-0.15, -0.1) is 0 Å². The van der Waals surface area contributed by atoms with Crippen LogP contribution >= 0.6 is 0 Å². The summed E-state index contributed by atoms with van der Waals surface area (Å²) in [6.07, 6.45) is 2.32. The molecular weight excluding hydrogens is 316 g/mol. The van der Waals surface area contributed by atoms with Gasteiger partial charge in [0.05, 0.1) is 12.9 Å². The molecule has 128 valence electrons. The van der Waals surface area contributed by atoms with Crippen LogP contribution in [0.25, 0.3) is 0 Å². The third kappa shape index (κ3) is 5.21. The summed E-state index contributed by atoms with van der Waals surface area (Å²) in [4.78, 5) is 14.0. The van der Waals surface area contributed by atoms with Crippen LogP contribution in [0.15, 0.2) is 24.3 Å². The minimum Gasteiger partial charge on any atom is -0.494 e. The summed E-state index contributed by atoms with van der Waals surface area (Å²) in [5.41, 5.74) is 1.09. The highest BCUT2D eigenvalue weighted by molar-refractivity contribution is 7.88. The molecule has 7 heteroatoms. The second-order valence-electron chi connectivity index (χ2n) is 5.62. The molecule has 0 spiro atoms. The standard InChI is InChI=1S/C16H24N2O4S/c1-3-22-15-7-4-14(5-8-15)6-9-16(19)17-10-12-18(13-11-17)23(2,20)21/h4-5,7-8H,3,6,9-13H2,1-2H3. The molecule has 0 bridgehead atoms. The van der Waals surface area contributed by atoms with E-state index in [-0.39, 0.29) is 5.91 Å². The normalized spacial score (nSPS) is 16.3. The maximum Gasteiger partial charge on any atom is 0.222 e. The lowest BCUT2D eigenvalue weighted by atomic mass is 10.1. The van der Waals surface area contributed by atoms with E-state index < -0.39 is 10.0 Å². The Kier molecular flexibility index (Phi) is 6.01. The van der Waals surface area contributed by atoms with Gasteiger partial charge in [-0.1, -0.05) is 12.1 Å². The fourth-order valence-electron chi connectivity index (χ4n) is 2.60. The van der Waals surface area contributed by atoms with E-state index in [0.717, 1.165) is 11.3 Å². The van der Waals surface area contributed by atoms with E-state index in [4.69, 9.17) is 4.74 Å². The van der Waals surface area contributed by atoms with Crippen molar-refractivity contribution >= 4 is 15.9 Å². The minimum atomic E-state index is -3.16. The van der Waals surface area contributed by atoms with Crippen molar-refractivity contribution in [2.24, 2.45) is 0 Å². The Morgan fingerprint density at radius 1 is 1.13 bits per heavy atom. The SMILES string of the molecule is CCOc1ccc(CCC(=O)N2CCN(S(C)(=O)=O)CC2)cc1. The van der Waals surface area contributed by atoms with Crippen molar-refractivity contribution in [1.29, 1.82) is 0 Å². The number of hydrogen-bond acceptors (Lipinski definition) is 4. The zero-order chi connectivity index (χ0) is 16.9. The van der Waals surface area contributed by atoms with Crippen LogP contribution in [0.3, 0.4) is 0 Å². The summed E-state index contributed by atoms with van der Waals surface area (Å²) in [7, 11) is -3.16. The first-order valence-electron chi connectivity index (χ1n) is 7.85. The first kappa shape index (κ1) is 17.7. The van der Waals surface area contributed by atoms with E-state index in [2.05, 4.69) is 0 Å². The molecule has 1 heterocycles. The topological polar surface area (TPSA) is 66.9 Å². The fourth-order valence-corrected chi connectivity index (χ4v) is 3.42. The molecule has 0 aliphatic carbocycles. The van der Waals surface area contributed by atoms with Crippen molar-refractivity contribution in [3.8, 4) is 5.75 Å². The van der Waals surface area contributed by atoms with E-state index in [9.17, 15) is 13.2 Å². The highest BCUT2D eigenvalue weighted by Crippen LogP contribution is 2.14. The second-order valence-corrected chi connectivity index (χ2v) is 7.60. The number of ether oxygens (including phenoxy) is 1. The number of carbonyl (C=O) groups excluding carboxylic acids is 1. The van der Waals surface area contributed by atoms with E-state index in [1.54, 1.807) is 4.90 Å². The van der Waals surface area contributed by atoms with Gasteiger partial charge in [-0.05, 0) is 31.0 Å². The Morgan fingerprint density at radius 2 is 1.74 bits per heavy atom. The Bertz CT molecular complexity index is 620. The molecule has 1 saturated heterocycles. The molecule has 0 atom stereocenters. The lowest BCUT2D eigenvalue weighted by molar-refractivity contribution is -0.132. The molecule has 1 aliphatic rings. The van der Waals surface area contributed by atoms with Gasteiger partial charge in [0.2, 0.25) is 15.9 Å². The fraction of sp³-hybridized carbons (Fsp3) is 0.562. The number of benzene rings is 1. The van der Waals surface area contributed by atoms with Crippen LogP contribution in [0, 0.1) is 0 Å². The third-order valence-corrected chi connectivity index (χ3v) is 5.23. The number of amides is 1. The second kappa shape index (κ2) is 7.79. The van der Waals surface area contributed by atoms with Crippen molar-refractivity contribution in [2.45, 2.75) is 19.8 Å². The van der Waals surface area contributed by atoms with Gasteiger partial charge in [0.25, 0.3) is 0 Å². The van der Waals surface area contributed by atoms with Gasteiger partial charge in [-0.25, -0.2) is 8.42 Å². The summed E-state index contributed by atoms with van der Waals surface area (Å²) in [5, 5.41) is 0. The predicted molar refractivity (Wildman–Crippen MR) is 88.9 cm³/mol. The number of sulfonamides is 1. The van der Waals surface area contributed by atoms with Crippen LogP contribution in [-0.4, -0.2) is 62.6 Å². The molecule has 1 aromatic carbocycles. The summed E-state index contributed by atoms with van der Waals surface area (Å²) >= 11 is 0. The number of hydrogen-bond donors (Lipinski definition) is 0. The van der Waals surface area contributed by atoms with Crippen molar-refractivity contribution in [3.05, 3.63) is 29.8 Å². The number of carbonyl (C=O) groups is 1. The van der Waals surface area contributed by atoms with Gasteiger partial charge in [0, 0.05) is 32.6 Å². The van der Waals surface area contributed by atoms with Crippen molar-refractivity contribution < 1.29 is 17.9 Å². The molecule has 0 unspecified atom stereocenters. The Balaban J connectivity index is 1.79. The average Bonchev–Trinajstić information content (AvgIpc) is 2.53. The van der Waals surface area contributed by atoms with Gasteiger partial charge in [0.15, 0.2) is 0 Å². The molecule has 23 heavy (non-hydrogen) atoms. The smallest absolute Gasteiger partial charge is 0.222 e. The monoisotopic (exact) mass is 340 g/mol. The molecule has 1 aliphatic heterocycles. The number of aryl methyl sites for hydroxylation is 1. The van der Waals surface area contributed by atoms with Crippen molar-refractivity contribution in [3.63, 3.8) is 0 Å². The van der Waals surface area contributed by atoms with E-state index in [1.807, 2.05) is 31.2 Å². The highest BCUT2D eigenvalue weighted by atomic mass is 32.2. The van der Waals surface area contributed by atoms with Gasteiger partial charge in [-0.3, -0.25) is 4.79 Å². The van der Waals surface area contributed by atoms with Crippen LogP contribution < -0.4 is 4.74 Å². The molecule has 0 saturated carbocycles. The third-order valence-electron chi connectivity index (χ3n) is 3.92. The summed E-state index contributed by atoms with van der Waals surface area (Å²) in [5.74, 6) is 0.909. The maximum absolute atomic E-state index is 12.2. The van der Waals surface area contributed by atoms with Crippen molar-refractivity contribution in [2.75, 3.05) is 39.0 Å². The van der Waals surface area contributed by atoms with E-state index >= 15 is 0 Å². The molecule has 0 N–H and O–H groups in total. The lowest BCUT2D eigenvalue weighted by Crippen LogP contribution is -2.50. The summed E-state index contributed by atoms with van der Waals surface area (Å²) in [6.45, 7) is 4.28. The Hall–Kier alpha value is -1.60. The summed E-state index contributed by atoms with van der Waals surface area (Å²) in [6, 6.07) is 7.77. The largest absolute Gasteiger partial charge is 0.494 e. The first-order chi connectivity index (χ1) is 10.9. The quantitative estimate of drug-likeness (QED) is 0.778. The maximum atomic E-state index is 12.2. The van der Waals surface area contributed by atoms with Crippen LogP contribution in [0.5, 0.6) is 5.75 Å². The molecule has 0 radical (unpaired) electrons. The number of piperazine rings is 1.